The van der Waals surface area contributed by atoms with Crippen molar-refractivity contribution in [1.82, 2.24) is 0 Å². The molecule has 0 spiro atoms. The Morgan fingerprint density at radius 2 is 0.784 bits per heavy atom. The topological polar surface area (TPSA) is 39.4 Å². The Morgan fingerprint density at radius 1 is 0.324 bits per heavy atom. The zero-order valence-corrected chi connectivity index (χ0v) is 19.6. The molecular weight excluding hydrogens is 456 g/mol. The minimum Gasteiger partial charge on any atom is -0.456 e. The Bertz CT molecular complexity index is 2360. The second kappa shape index (κ2) is 6.80. The lowest BCUT2D eigenvalue weighted by molar-refractivity contribution is 0.633. The van der Waals surface area contributed by atoms with Gasteiger partial charge in [0.25, 0.3) is 0 Å². The molecule has 3 heteroatoms. The van der Waals surface area contributed by atoms with Crippen molar-refractivity contribution in [3.63, 3.8) is 0 Å². The first kappa shape index (κ1) is 19.2. The van der Waals surface area contributed by atoms with Crippen molar-refractivity contribution in [1.29, 1.82) is 0 Å². The van der Waals surface area contributed by atoms with Crippen LogP contribution in [0.3, 0.4) is 0 Å². The molecule has 0 amide bonds. The summed E-state index contributed by atoms with van der Waals surface area (Å²) < 4.78 is 18.9. The number of hydrogen-bond acceptors (Lipinski definition) is 3. The zero-order valence-electron chi connectivity index (χ0n) is 19.6. The second-order valence-electron chi connectivity index (χ2n) is 9.67. The summed E-state index contributed by atoms with van der Waals surface area (Å²) in [7, 11) is 0. The average Bonchev–Trinajstić information content (AvgIpc) is 3.64. The molecule has 0 atom stereocenters. The maximum atomic E-state index is 6.50. The van der Waals surface area contributed by atoms with Gasteiger partial charge in [-0.2, -0.15) is 0 Å². The lowest BCUT2D eigenvalue weighted by Crippen LogP contribution is -1.80. The molecule has 3 nitrogen and oxygen atoms in total. The fraction of sp³-hybridized carbons (Fsp3) is 0. The van der Waals surface area contributed by atoms with Gasteiger partial charge in [0.2, 0.25) is 0 Å². The number of rotatable bonds is 1. The van der Waals surface area contributed by atoms with Gasteiger partial charge in [-0.25, -0.2) is 0 Å². The van der Waals surface area contributed by atoms with Crippen molar-refractivity contribution >= 4 is 76.6 Å². The minimum absolute atomic E-state index is 0.799. The van der Waals surface area contributed by atoms with E-state index in [4.69, 9.17) is 13.3 Å². The van der Waals surface area contributed by atoms with E-state index in [1.165, 1.54) is 10.8 Å². The first-order valence-electron chi connectivity index (χ1n) is 12.4. The molecule has 0 saturated heterocycles. The van der Waals surface area contributed by atoms with Gasteiger partial charge in [0, 0.05) is 32.3 Å². The van der Waals surface area contributed by atoms with E-state index in [0.717, 1.165) is 76.9 Å². The third-order valence-electron chi connectivity index (χ3n) is 7.67. The largest absolute Gasteiger partial charge is 0.456 e. The lowest BCUT2D eigenvalue weighted by atomic mass is 9.97. The molecule has 0 N–H and O–H groups in total. The van der Waals surface area contributed by atoms with Crippen LogP contribution in [0.2, 0.25) is 0 Å². The number of hydrogen-bond donors (Lipinski definition) is 0. The van der Waals surface area contributed by atoms with Crippen molar-refractivity contribution < 1.29 is 13.3 Å². The van der Waals surface area contributed by atoms with Crippen molar-refractivity contribution in [3.8, 4) is 11.1 Å². The van der Waals surface area contributed by atoms with Crippen molar-refractivity contribution in [2.24, 2.45) is 0 Å². The molecule has 0 saturated carbocycles. The highest BCUT2D eigenvalue weighted by Gasteiger charge is 2.21. The Labute approximate surface area is 210 Å². The summed E-state index contributed by atoms with van der Waals surface area (Å²) in [6, 6.07) is 37.8. The smallest absolute Gasteiger partial charge is 0.179 e. The van der Waals surface area contributed by atoms with Gasteiger partial charge >= 0.3 is 0 Å². The van der Waals surface area contributed by atoms with Crippen LogP contribution in [0.25, 0.3) is 87.7 Å². The maximum absolute atomic E-state index is 6.50. The van der Waals surface area contributed by atoms with E-state index >= 15 is 0 Å². The molecule has 0 fully saturated rings. The SMILES string of the molecule is c1ccc2c(c1)oc1ccc(-c3ccc4oc5c6oc7ccccc7c6c6ccccc6c5c4c3)cc12. The van der Waals surface area contributed by atoms with E-state index in [1.54, 1.807) is 0 Å². The first-order chi connectivity index (χ1) is 18.3. The molecule has 172 valence electrons. The molecule has 37 heavy (non-hydrogen) atoms. The van der Waals surface area contributed by atoms with E-state index in [0.29, 0.717) is 0 Å². The summed E-state index contributed by atoms with van der Waals surface area (Å²) in [5.41, 5.74) is 7.42. The van der Waals surface area contributed by atoms with Crippen LogP contribution in [0.1, 0.15) is 0 Å². The summed E-state index contributed by atoms with van der Waals surface area (Å²) in [4.78, 5) is 0. The van der Waals surface area contributed by atoms with Crippen molar-refractivity contribution in [2.75, 3.05) is 0 Å². The Kier molecular flexibility index (Phi) is 3.53. The monoisotopic (exact) mass is 474 g/mol. The lowest BCUT2D eigenvalue weighted by Gasteiger charge is -2.04. The van der Waals surface area contributed by atoms with Gasteiger partial charge in [-0.3, -0.25) is 0 Å². The molecular formula is C34H18O3. The number of benzene rings is 6. The second-order valence-corrected chi connectivity index (χ2v) is 9.67. The van der Waals surface area contributed by atoms with Gasteiger partial charge in [0.05, 0.1) is 0 Å². The van der Waals surface area contributed by atoms with Crippen LogP contribution in [-0.4, -0.2) is 0 Å². The zero-order chi connectivity index (χ0) is 24.1. The molecule has 0 bridgehead atoms. The predicted octanol–water partition coefficient (Wildman–Crippen LogP) is 10.2. The van der Waals surface area contributed by atoms with E-state index in [-0.39, 0.29) is 0 Å². The van der Waals surface area contributed by atoms with E-state index in [1.807, 2.05) is 24.3 Å². The van der Waals surface area contributed by atoms with Crippen LogP contribution in [0, 0.1) is 0 Å². The molecule has 0 radical (unpaired) electrons. The van der Waals surface area contributed by atoms with Crippen LogP contribution >= 0.6 is 0 Å². The van der Waals surface area contributed by atoms with Crippen LogP contribution in [0.4, 0.5) is 0 Å². The standard InChI is InChI=1S/C34H18O3/c1-2-9-23-22(8-1)31-24-10-4-6-12-28(24)36-33(31)34-32(23)26-18-20(14-16-30(26)37-34)19-13-15-29-25(17-19)21-7-3-5-11-27(21)35-29/h1-18H. The Hall–Kier alpha value is -5.02. The molecule has 0 aliphatic carbocycles. The Balaban J connectivity index is 1.38. The van der Waals surface area contributed by atoms with E-state index in [2.05, 4.69) is 84.9 Å². The van der Waals surface area contributed by atoms with Gasteiger partial charge < -0.3 is 13.3 Å². The summed E-state index contributed by atoms with van der Waals surface area (Å²) in [5.74, 6) is 0. The van der Waals surface area contributed by atoms with Crippen LogP contribution in [0.5, 0.6) is 0 Å². The number of para-hydroxylation sites is 2. The molecule has 0 aliphatic heterocycles. The Morgan fingerprint density at radius 3 is 1.46 bits per heavy atom. The van der Waals surface area contributed by atoms with Gasteiger partial charge in [0.1, 0.15) is 22.3 Å². The highest BCUT2D eigenvalue weighted by atomic mass is 16.4. The molecule has 3 heterocycles. The average molecular weight is 475 g/mol. The molecule has 9 aromatic rings. The normalized spacial score (nSPS) is 12.3. The quantitative estimate of drug-likeness (QED) is 0.238. The van der Waals surface area contributed by atoms with Crippen molar-refractivity contribution in [2.45, 2.75) is 0 Å². The summed E-state index contributed by atoms with van der Waals surface area (Å²) in [5, 5.41) is 9.00. The third-order valence-corrected chi connectivity index (χ3v) is 7.67. The third kappa shape index (κ3) is 2.50. The van der Waals surface area contributed by atoms with Gasteiger partial charge in [0.15, 0.2) is 11.2 Å². The van der Waals surface area contributed by atoms with Crippen LogP contribution < -0.4 is 0 Å². The predicted molar refractivity (Wildman–Crippen MR) is 151 cm³/mol. The van der Waals surface area contributed by atoms with Crippen LogP contribution in [-0.2, 0) is 0 Å². The van der Waals surface area contributed by atoms with Gasteiger partial charge in [-0.05, 0) is 58.3 Å². The van der Waals surface area contributed by atoms with E-state index in [9.17, 15) is 0 Å². The molecule has 0 aliphatic rings. The highest BCUT2D eigenvalue weighted by molar-refractivity contribution is 6.33. The minimum atomic E-state index is 0.799. The number of fused-ring (bicyclic) bond motifs is 13. The highest BCUT2D eigenvalue weighted by Crippen LogP contribution is 2.45. The molecule has 6 aromatic carbocycles. The van der Waals surface area contributed by atoms with E-state index < -0.39 is 0 Å². The van der Waals surface area contributed by atoms with Gasteiger partial charge in [-0.15, -0.1) is 0 Å². The van der Waals surface area contributed by atoms with Crippen molar-refractivity contribution in [3.05, 3.63) is 109 Å². The van der Waals surface area contributed by atoms with Crippen LogP contribution in [0.15, 0.2) is 122 Å². The van der Waals surface area contributed by atoms with Gasteiger partial charge in [-0.1, -0.05) is 72.8 Å². The molecule has 9 rings (SSSR count). The molecule has 0 unspecified atom stereocenters. The fourth-order valence-electron chi connectivity index (χ4n) is 6.00. The summed E-state index contributed by atoms with van der Waals surface area (Å²) >= 11 is 0. The summed E-state index contributed by atoms with van der Waals surface area (Å²) in [6.07, 6.45) is 0. The number of furan rings is 3. The maximum Gasteiger partial charge on any atom is 0.179 e. The summed E-state index contributed by atoms with van der Waals surface area (Å²) in [6.45, 7) is 0. The molecule has 3 aromatic heterocycles. The first-order valence-corrected chi connectivity index (χ1v) is 12.4. The fourth-order valence-corrected chi connectivity index (χ4v) is 6.00.